The summed E-state index contributed by atoms with van der Waals surface area (Å²) in [6, 6.07) is 7.77. The molecule has 0 saturated carbocycles. The first kappa shape index (κ1) is 22.3. The van der Waals surface area contributed by atoms with Crippen LogP contribution in [0.5, 0.6) is 0 Å². The second-order valence-corrected chi connectivity index (χ2v) is 9.27. The summed E-state index contributed by atoms with van der Waals surface area (Å²) in [6.45, 7) is 3.49. The molecule has 2 amide bonds. The van der Waals surface area contributed by atoms with Crippen molar-refractivity contribution in [2.24, 2.45) is 5.92 Å². The maximum atomic E-state index is 11.8. The number of nitrogens with zero attached hydrogens (tertiary/aromatic N) is 4. The van der Waals surface area contributed by atoms with Gasteiger partial charge in [0.05, 0.1) is 28.8 Å². The van der Waals surface area contributed by atoms with Gasteiger partial charge in [-0.2, -0.15) is 0 Å². The number of aromatic nitrogens is 3. The van der Waals surface area contributed by atoms with Crippen molar-refractivity contribution < 1.29 is 14.0 Å². The lowest BCUT2D eigenvalue weighted by Crippen LogP contribution is -2.38. The van der Waals surface area contributed by atoms with E-state index in [9.17, 15) is 9.59 Å². The van der Waals surface area contributed by atoms with Crippen LogP contribution in [0, 0.1) is 5.92 Å². The van der Waals surface area contributed by atoms with Gasteiger partial charge in [0.25, 0.3) is 11.1 Å². The van der Waals surface area contributed by atoms with Crippen LogP contribution in [0.2, 0.25) is 0 Å². The van der Waals surface area contributed by atoms with E-state index in [1.54, 1.807) is 30.9 Å². The number of anilines is 1. The molecule has 0 atom stereocenters. The SMILES string of the molecule is O=C1NC(=O)/C(=C/c2ccnc(N3CCC(CNCc4ccnc(-c5ccoc5)c4)CC3)n2)S1. The predicted molar refractivity (Wildman–Crippen MR) is 130 cm³/mol. The van der Waals surface area contributed by atoms with Crippen LogP contribution >= 0.6 is 11.8 Å². The summed E-state index contributed by atoms with van der Waals surface area (Å²) in [4.78, 5) is 39.1. The molecule has 0 aromatic carbocycles. The molecule has 2 saturated heterocycles. The molecule has 2 N–H and O–H groups in total. The van der Waals surface area contributed by atoms with Gasteiger partial charge in [-0.1, -0.05) is 0 Å². The lowest BCUT2D eigenvalue weighted by Gasteiger charge is -2.32. The minimum Gasteiger partial charge on any atom is -0.472 e. The minimum absolute atomic E-state index is 0.352. The molecular weight excluding hydrogens is 452 g/mol. The first-order valence-electron chi connectivity index (χ1n) is 11.1. The first-order chi connectivity index (χ1) is 16.6. The number of carbonyl (C=O) groups is 2. The Balaban J connectivity index is 1.11. The standard InChI is InChI=1S/C24H24N6O3S/c31-22-21(34-24(32)29-22)12-19-2-7-27-23(28-19)30-8-3-16(4-9-30)13-25-14-17-1-6-26-20(11-17)18-5-10-33-15-18/h1-2,5-7,10-12,15-16,25H,3-4,8-9,13-14H2,(H,29,31,32)/b21-12-. The molecule has 3 aromatic rings. The van der Waals surface area contributed by atoms with E-state index in [0.29, 0.717) is 22.5 Å². The third kappa shape index (κ3) is 5.35. The molecule has 3 aromatic heterocycles. The number of thioether (sulfide) groups is 1. The van der Waals surface area contributed by atoms with Gasteiger partial charge >= 0.3 is 0 Å². The molecule has 174 valence electrons. The predicted octanol–water partition coefficient (Wildman–Crippen LogP) is 3.46. The Hall–Kier alpha value is -3.50. The molecule has 9 nitrogen and oxygen atoms in total. The second kappa shape index (κ2) is 10.2. The highest BCUT2D eigenvalue weighted by atomic mass is 32.2. The van der Waals surface area contributed by atoms with Crippen LogP contribution < -0.4 is 15.5 Å². The van der Waals surface area contributed by atoms with Gasteiger partial charge in [-0.3, -0.25) is 19.9 Å². The number of imide groups is 1. The number of nitrogens with one attached hydrogen (secondary N) is 2. The van der Waals surface area contributed by atoms with E-state index < -0.39 is 0 Å². The van der Waals surface area contributed by atoms with Crippen molar-refractivity contribution in [1.82, 2.24) is 25.6 Å². The molecule has 5 heterocycles. The molecular formula is C24H24N6O3S. The van der Waals surface area contributed by atoms with Crippen LogP contribution in [0.25, 0.3) is 17.3 Å². The second-order valence-electron chi connectivity index (χ2n) is 8.26. The molecule has 10 heteroatoms. The number of pyridine rings is 1. The Kier molecular flexibility index (Phi) is 6.68. The number of carbonyl (C=O) groups excluding carboxylic acids is 2. The molecule has 2 fully saturated rings. The number of rotatable bonds is 7. The summed E-state index contributed by atoms with van der Waals surface area (Å²) >= 11 is 0.889. The van der Waals surface area contributed by atoms with Gasteiger partial charge in [-0.15, -0.1) is 0 Å². The fraction of sp³-hybridized carbons (Fsp3) is 0.292. The molecule has 5 rings (SSSR count). The van der Waals surface area contributed by atoms with Gasteiger partial charge in [0.15, 0.2) is 0 Å². The van der Waals surface area contributed by atoms with Crippen LogP contribution in [-0.4, -0.2) is 45.7 Å². The van der Waals surface area contributed by atoms with E-state index in [1.807, 2.05) is 18.3 Å². The summed E-state index contributed by atoms with van der Waals surface area (Å²) in [5, 5.41) is 5.48. The zero-order chi connectivity index (χ0) is 23.3. The lowest BCUT2D eigenvalue weighted by atomic mass is 9.97. The molecule has 0 unspecified atom stereocenters. The summed E-state index contributed by atoms with van der Waals surface area (Å²) in [6.07, 6.45) is 10.6. The van der Waals surface area contributed by atoms with Crippen molar-refractivity contribution in [1.29, 1.82) is 0 Å². The monoisotopic (exact) mass is 476 g/mol. The zero-order valence-electron chi connectivity index (χ0n) is 18.4. The average molecular weight is 477 g/mol. The molecule has 34 heavy (non-hydrogen) atoms. The highest BCUT2D eigenvalue weighted by Crippen LogP contribution is 2.26. The van der Waals surface area contributed by atoms with Gasteiger partial charge in [0.2, 0.25) is 5.95 Å². The summed E-state index contributed by atoms with van der Waals surface area (Å²) in [7, 11) is 0. The zero-order valence-corrected chi connectivity index (χ0v) is 19.3. The lowest BCUT2D eigenvalue weighted by molar-refractivity contribution is -0.115. The van der Waals surface area contributed by atoms with Gasteiger partial charge in [0.1, 0.15) is 0 Å². The molecule has 0 aliphatic carbocycles. The summed E-state index contributed by atoms with van der Waals surface area (Å²) < 4.78 is 5.15. The third-order valence-corrected chi connectivity index (χ3v) is 6.70. The van der Waals surface area contributed by atoms with E-state index >= 15 is 0 Å². The Labute approximate surface area is 201 Å². The first-order valence-corrected chi connectivity index (χ1v) is 12.0. The normalized spacial score (nSPS) is 18.0. The topological polar surface area (TPSA) is 113 Å². The van der Waals surface area contributed by atoms with E-state index in [1.165, 1.54) is 5.56 Å². The fourth-order valence-electron chi connectivity index (χ4n) is 4.06. The van der Waals surface area contributed by atoms with E-state index in [4.69, 9.17) is 4.42 Å². The van der Waals surface area contributed by atoms with Crippen LogP contribution in [0.4, 0.5) is 10.7 Å². The number of piperidine rings is 1. The largest absolute Gasteiger partial charge is 0.472 e. The Morgan fingerprint density at radius 1 is 1.18 bits per heavy atom. The van der Waals surface area contributed by atoms with Crippen LogP contribution in [0.1, 0.15) is 24.1 Å². The maximum absolute atomic E-state index is 11.8. The summed E-state index contributed by atoms with van der Waals surface area (Å²) in [5.41, 5.74) is 3.71. The van der Waals surface area contributed by atoms with Crippen molar-refractivity contribution in [3.05, 3.63) is 65.3 Å². The van der Waals surface area contributed by atoms with Crippen molar-refractivity contribution in [2.75, 3.05) is 24.5 Å². The van der Waals surface area contributed by atoms with Gasteiger partial charge < -0.3 is 14.6 Å². The number of furan rings is 1. The van der Waals surface area contributed by atoms with E-state index in [0.717, 1.165) is 62.0 Å². The number of hydrogen-bond acceptors (Lipinski definition) is 9. The third-order valence-electron chi connectivity index (χ3n) is 5.89. The minimum atomic E-state index is -0.382. The number of amides is 2. The maximum Gasteiger partial charge on any atom is 0.290 e. The molecule has 0 bridgehead atoms. The Morgan fingerprint density at radius 3 is 2.79 bits per heavy atom. The highest BCUT2D eigenvalue weighted by molar-refractivity contribution is 8.18. The molecule has 0 radical (unpaired) electrons. The average Bonchev–Trinajstić information content (AvgIpc) is 3.50. The van der Waals surface area contributed by atoms with Crippen LogP contribution in [-0.2, 0) is 11.3 Å². The highest BCUT2D eigenvalue weighted by Gasteiger charge is 2.25. The Morgan fingerprint density at radius 2 is 2.03 bits per heavy atom. The van der Waals surface area contributed by atoms with Crippen molar-refractivity contribution in [2.45, 2.75) is 19.4 Å². The van der Waals surface area contributed by atoms with Crippen molar-refractivity contribution >= 4 is 34.9 Å². The Bertz CT molecular complexity index is 1200. The summed E-state index contributed by atoms with van der Waals surface area (Å²) in [5.74, 6) is 0.855. The van der Waals surface area contributed by atoms with Gasteiger partial charge in [0, 0.05) is 37.6 Å². The number of hydrogen-bond donors (Lipinski definition) is 2. The smallest absolute Gasteiger partial charge is 0.290 e. The van der Waals surface area contributed by atoms with E-state index in [-0.39, 0.29) is 11.1 Å². The molecule has 2 aliphatic heterocycles. The van der Waals surface area contributed by atoms with Crippen molar-refractivity contribution in [3.63, 3.8) is 0 Å². The van der Waals surface area contributed by atoms with Gasteiger partial charge in [-0.05, 0) is 73.0 Å². The molecule has 0 spiro atoms. The van der Waals surface area contributed by atoms with Crippen molar-refractivity contribution in [3.8, 4) is 11.3 Å². The molecule has 2 aliphatic rings. The van der Waals surface area contributed by atoms with E-state index in [2.05, 4.69) is 36.6 Å². The van der Waals surface area contributed by atoms with Crippen LogP contribution in [0.3, 0.4) is 0 Å². The van der Waals surface area contributed by atoms with Gasteiger partial charge in [-0.25, -0.2) is 9.97 Å². The van der Waals surface area contributed by atoms with Crippen LogP contribution in [0.15, 0.2) is 58.5 Å². The quantitative estimate of drug-likeness (QED) is 0.495. The fourth-order valence-corrected chi connectivity index (χ4v) is 4.73.